The number of nitrogens with zero attached hydrogens (tertiary/aromatic N) is 8. The minimum absolute atomic E-state index is 0.143. The number of hydrogen-bond donors (Lipinski definition) is 1. The van der Waals surface area contributed by atoms with Crippen LogP contribution in [0.15, 0.2) is 107 Å². The summed E-state index contributed by atoms with van der Waals surface area (Å²) in [5, 5.41) is 28.9. The van der Waals surface area contributed by atoms with E-state index in [4.69, 9.17) is 0 Å². The van der Waals surface area contributed by atoms with Crippen LogP contribution in [0.3, 0.4) is 0 Å². The number of carbonyl (C=O) groups is 1. The average Bonchev–Trinajstić information content (AvgIpc) is 4.04. The fourth-order valence-electron chi connectivity index (χ4n) is 9.14. The number of halogens is 2. The van der Waals surface area contributed by atoms with Crippen LogP contribution in [0.2, 0.25) is 0 Å². The van der Waals surface area contributed by atoms with Crippen LogP contribution in [-0.2, 0) is 31.7 Å². The molecule has 0 spiro atoms. The summed E-state index contributed by atoms with van der Waals surface area (Å²) < 4.78 is 33.9. The molecule has 10 rings (SSSR count). The van der Waals surface area contributed by atoms with E-state index in [-0.39, 0.29) is 23.7 Å². The Hall–Kier alpha value is -5.05. The Morgan fingerprint density at radius 2 is 1.21 bits per heavy atom. The lowest BCUT2D eigenvalue weighted by Gasteiger charge is -2.44. The number of rotatable bonds is 8. The number of thioether (sulfide) groups is 2. The molecular weight excluding hydrogens is 775 g/mol. The van der Waals surface area contributed by atoms with E-state index in [0.717, 1.165) is 90.0 Å². The van der Waals surface area contributed by atoms with Gasteiger partial charge >= 0.3 is 0 Å². The maximum Gasteiger partial charge on any atom is 0.130 e. The minimum Gasteiger partial charge on any atom is -0.395 e. The summed E-state index contributed by atoms with van der Waals surface area (Å²) in [5.41, 5.74) is 7.74. The van der Waals surface area contributed by atoms with E-state index in [1.807, 2.05) is 93.5 Å². The summed E-state index contributed by atoms with van der Waals surface area (Å²) in [6.07, 6.45) is 24.3. The molecule has 14 heteroatoms. The van der Waals surface area contributed by atoms with Gasteiger partial charge < -0.3 is 9.90 Å². The molecule has 0 amide bonds. The summed E-state index contributed by atoms with van der Waals surface area (Å²) >= 11 is 3.68. The SMILES string of the molecule is Cn1cc(S[C@H]2CCC3=Cc4c(cnn4-c4ccc(F)cc4)C[C@]3(C=O)C2)cn1.Cn1cc(S[C@H]2CCC3=Cc4c(cnn4-c4ccc(F)cc4)C[C@]3(CO)C2)cn1. The zero-order valence-electron chi connectivity index (χ0n) is 32.3. The Balaban J connectivity index is 0.000000150. The van der Waals surface area contributed by atoms with Crippen molar-refractivity contribution in [3.63, 3.8) is 0 Å². The van der Waals surface area contributed by atoms with Crippen molar-refractivity contribution in [2.75, 3.05) is 6.61 Å². The second kappa shape index (κ2) is 15.6. The Labute approximate surface area is 344 Å². The first kappa shape index (κ1) is 38.5. The molecule has 0 saturated heterocycles. The number of fused-ring (bicyclic) bond motifs is 4. The fraction of sp³-hybridized carbons (Fsp3) is 0.341. The van der Waals surface area contributed by atoms with Crippen LogP contribution in [-0.4, -0.2) is 67.6 Å². The number of aromatic nitrogens is 8. The molecule has 4 aromatic heterocycles. The molecule has 2 fully saturated rings. The molecular formula is C44H44F2N8O2S2. The van der Waals surface area contributed by atoms with Gasteiger partial charge in [-0.3, -0.25) is 9.36 Å². The lowest BCUT2D eigenvalue weighted by molar-refractivity contribution is -0.115. The van der Waals surface area contributed by atoms with Crippen LogP contribution in [0, 0.1) is 22.5 Å². The number of carbonyl (C=O) groups excluding carboxylic acids is 1. The maximum absolute atomic E-state index is 13.3. The second-order valence-electron chi connectivity index (χ2n) is 16.0. The zero-order valence-corrected chi connectivity index (χ0v) is 34.0. The molecule has 298 valence electrons. The molecule has 4 aliphatic rings. The van der Waals surface area contributed by atoms with E-state index >= 15 is 0 Å². The number of hydrogen-bond acceptors (Lipinski definition) is 8. The van der Waals surface area contributed by atoms with Crippen LogP contribution in [0.1, 0.15) is 61.0 Å². The lowest BCUT2D eigenvalue weighted by Crippen LogP contribution is -2.39. The van der Waals surface area contributed by atoms with Crippen molar-refractivity contribution in [1.82, 2.24) is 39.1 Å². The highest BCUT2D eigenvalue weighted by molar-refractivity contribution is 8.00. The second-order valence-corrected chi connectivity index (χ2v) is 18.7. The predicted octanol–water partition coefficient (Wildman–Crippen LogP) is 8.22. The molecule has 10 nitrogen and oxygen atoms in total. The highest BCUT2D eigenvalue weighted by atomic mass is 32.2. The third-order valence-corrected chi connectivity index (χ3v) is 14.5. The lowest BCUT2D eigenvalue weighted by atomic mass is 9.65. The van der Waals surface area contributed by atoms with Crippen molar-refractivity contribution < 1.29 is 18.7 Å². The first-order chi connectivity index (χ1) is 28.1. The molecule has 2 aromatic carbocycles. The van der Waals surface area contributed by atoms with Gasteiger partial charge in [0, 0.05) is 52.2 Å². The van der Waals surface area contributed by atoms with E-state index in [2.05, 4.69) is 32.5 Å². The fourth-order valence-corrected chi connectivity index (χ4v) is 11.8. The monoisotopic (exact) mass is 818 g/mol. The number of aldehydes is 1. The normalized spacial score (nSPS) is 23.3. The molecule has 58 heavy (non-hydrogen) atoms. The minimum atomic E-state index is -0.457. The van der Waals surface area contributed by atoms with Crippen molar-refractivity contribution in [3.8, 4) is 11.4 Å². The molecule has 0 radical (unpaired) electrons. The highest BCUT2D eigenvalue weighted by Gasteiger charge is 2.45. The van der Waals surface area contributed by atoms with Crippen molar-refractivity contribution in [2.24, 2.45) is 24.9 Å². The van der Waals surface area contributed by atoms with Crippen molar-refractivity contribution >= 4 is 42.0 Å². The highest BCUT2D eigenvalue weighted by Crippen LogP contribution is 2.52. The van der Waals surface area contributed by atoms with Gasteiger partial charge in [0.25, 0.3) is 0 Å². The molecule has 1 N–H and O–H groups in total. The van der Waals surface area contributed by atoms with Gasteiger partial charge in [0.15, 0.2) is 0 Å². The van der Waals surface area contributed by atoms with Gasteiger partial charge in [-0.25, -0.2) is 18.1 Å². The van der Waals surface area contributed by atoms with Gasteiger partial charge in [0.1, 0.15) is 17.9 Å². The summed E-state index contributed by atoms with van der Waals surface area (Å²) in [6, 6.07) is 12.7. The van der Waals surface area contributed by atoms with Gasteiger partial charge in [0.05, 0.1) is 59.6 Å². The molecule has 0 bridgehead atoms. The maximum atomic E-state index is 13.3. The molecule has 0 unspecified atom stereocenters. The van der Waals surface area contributed by atoms with Gasteiger partial charge in [-0.2, -0.15) is 20.4 Å². The standard InChI is InChI=1S/C22H23FN4OS.C22H21FN4OS/c2*1-26-13-20(12-24-26)29-19-7-2-16-8-21-15(9-22(16,10-19)14-28)11-25-27(21)18-5-3-17(23)4-6-18/h3-6,8,11-13,19,28H,2,7,9-10,14H2,1H3;3-6,8,11-14,19H,2,7,9-10H2,1H3/t2*19-,22+/m00/s1. The Morgan fingerprint density at radius 3 is 1.71 bits per heavy atom. The van der Waals surface area contributed by atoms with Crippen molar-refractivity contribution in [3.05, 3.63) is 131 Å². The number of aliphatic hydroxyl groups is 1. The van der Waals surface area contributed by atoms with E-state index in [1.54, 1.807) is 24.3 Å². The third-order valence-electron chi connectivity index (χ3n) is 12.1. The van der Waals surface area contributed by atoms with Gasteiger partial charge in [-0.1, -0.05) is 11.1 Å². The number of benzene rings is 2. The van der Waals surface area contributed by atoms with Crippen molar-refractivity contribution in [2.45, 2.75) is 71.7 Å². The Bertz CT molecular complexity index is 2520. The Morgan fingerprint density at radius 1 is 0.707 bits per heavy atom. The van der Waals surface area contributed by atoms with E-state index < -0.39 is 5.41 Å². The molecule has 2 saturated carbocycles. The van der Waals surface area contributed by atoms with Crippen LogP contribution >= 0.6 is 23.5 Å². The largest absolute Gasteiger partial charge is 0.395 e. The van der Waals surface area contributed by atoms with Crippen LogP contribution in [0.5, 0.6) is 0 Å². The molecule has 6 aromatic rings. The van der Waals surface area contributed by atoms with E-state index in [9.17, 15) is 18.7 Å². The average molecular weight is 819 g/mol. The predicted molar refractivity (Wildman–Crippen MR) is 222 cm³/mol. The van der Waals surface area contributed by atoms with Crippen LogP contribution in [0.25, 0.3) is 23.5 Å². The smallest absolute Gasteiger partial charge is 0.130 e. The topological polar surface area (TPSA) is 109 Å². The number of allylic oxidation sites excluding steroid dienone is 1. The summed E-state index contributed by atoms with van der Waals surface area (Å²) in [7, 11) is 3.85. The first-order valence-electron chi connectivity index (χ1n) is 19.6. The van der Waals surface area contributed by atoms with Crippen LogP contribution < -0.4 is 0 Å². The number of aryl methyl sites for hydroxylation is 2. The van der Waals surface area contributed by atoms with Gasteiger partial charge in [0.2, 0.25) is 0 Å². The first-order valence-corrected chi connectivity index (χ1v) is 21.3. The molecule has 4 heterocycles. The molecule has 4 aliphatic carbocycles. The summed E-state index contributed by atoms with van der Waals surface area (Å²) in [5.74, 6) is -0.519. The summed E-state index contributed by atoms with van der Waals surface area (Å²) in [4.78, 5) is 14.6. The van der Waals surface area contributed by atoms with Gasteiger partial charge in [-0.15, -0.1) is 23.5 Å². The Kier molecular flexibility index (Phi) is 10.4. The molecule has 4 atom stereocenters. The number of aliphatic hydroxyl groups excluding tert-OH is 1. The van der Waals surface area contributed by atoms with E-state index in [1.165, 1.54) is 40.3 Å². The zero-order chi connectivity index (χ0) is 40.0. The van der Waals surface area contributed by atoms with Crippen molar-refractivity contribution in [1.29, 1.82) is 0 Å². The van der Waals surface area contributed by atoms with Gasteiger partial charge in [-0.05, 0) is 123 Å². The summed E-state index contributed by atoms with van der Waals surface area (Å²) in [6.45, 7) is 0.143. The van der Waals surface area contributed by atoms with E-state index in [0.29, 0.717) is 16.9 Å². The quantitative estimate of drug-likeness (QED) is 0.153. The van der Waals surface area contributed by atoms with Crippen LogP contribution in [0.4, 0.5) is 8.78 Å². The third kappa shape index (κ3) is 7.41. The molecule has 0 aliphatic heterocycles.